The number of carbonyl (C=O) groups is 1. The predicted octanol–water partition coefficient (Wildman–Crippen LogP) is 4.65. The summed E-state index contributed by atoms with van der Waals surface area (Å²) in [6.45, 7) is 3.22. The molecule has 0 unspecified atom stereocenters. The normalized spacial score (nSPS) is 14.9. The van der Waals surface area contributed by atoms with Crippen LogP contribution in [0, 0.1) is 0 Å². The Kier molecular flexibility index (Phi) is 6.06. The SMILES string of the molecule is O=C(c1cccc(Cl)c1)N1CCN(Cc2noc(-c3ccc(Cl)cc3Cl)n2)CC1. The van der Waals surface area contributed by atoms with Crippen molar-refractivity contribution < 1.29 is 9.32 Å². The molecular weight excluding hydrogens is 435 g/mol. The van der Waals surface area contributed by atoms with E-state index in [4.69, 9.17) is 39.3 Å². The standard InChI is InChI=1S/C20H17Cl3N4O2/c21-14-3-1-2-13(10-14)20(28)27-8-6-26(7-9-27)12-18-24-19(29-25-18)16-5-4-15(22)11-17(16)23/h1-5,10-11H,6-9,12H2. The summed E-state index contributed by atoms with van der Waals surface area (Å²) < 4.78 is 5.35. The minimum absolute atomic E-state index is 0.00798. The second kappa shape index (κ2) is 8.71. The van der Waals surface area contributed by atoms with Crippen LogP contribution in [0.5, 0.6) is 0 Å². The van der Waals surface area contributed by atoms with Crippen molar-refractivity contribution in [2.24, 2.45) is 0 Å². The highest BCUT2D eigenvalue weighted by Crippen LogP contribution is 2.29. The molecule has 2 heterocycles. The van der Waals surface area contributed by atoms with Crippen LogP contribution in [0.3, 0.4) is 0 Å². The van der Waals surface area contributed by atoms with E-state index in [0.717, 1.165) is 13.1 Å². The van der Waals surface area contributed by atoms with Crippen LogP contribution in [0.4, 0.5) is 0 Å². The number of aromatic nitrogens is 2. The van der Waals surface area contributed by atoms with Crippen molar-refractivity contribution in [2.75, 3.05) is 26.2 Å². The number of nitrogens with zero attached hydrogens (tertiary/aromatic N) is 4. The molecule has 2 aromatic carbocycles. The highest BCUT2D eigenvalue weighted by atomic mass is 35.5. The minimum Gasteiger partial charge on any atom is -0.336 e. The number of benzene rings is 2. The van der Waals surface area contributed by atoms with E-state index in [9.17, 15) is 4.79 Å². The van der Waals surface area contributed by atoms with Crippen LogP contribution >= 0.6 is 34.8 Å². The zero-order valence-corrected chi connectivity index (χ0v) is 17.6. The molecule has 0 spiro atoms. The van der Waals surface area contributed by atoms with Gasteiger partial charge in [-0.15, -0.1) is 0 Å². The lowest BCUT2D eigenvalue weighted by molar-refractivity contribution is 0.0624. The van der Waals surface area contributed by atoms with Gasteiger partial charge in [-0.2, -0.15) is 4.98 Å². The van der Waals surface area contributed by atoms with Gasteiger partial charge in [0.05, 0.1) is 17.1 Å². The van der Waals surface area contributed by atoms with E-state index >= 15 is 0 Å². The van der Waals surface area contributed by atoms with E-state index in [1.807, 2.05) is 4.90 Å². The fourth-order valence-electron chi connectivity index (χ4n) is 3.20. The lowest BCUT2D eigenvalue weighted by atomic mass is 10.2. The first kappa shape index (κ1) is 20.2. The van der Waals surface area contributed by atoms with Gasteiger partial charge >= 0.3 is 0 Å². The molecule has 0 bridgehead atoms. The smallest absolute Gasteiger partial charge is 0.259 e. The summed E-state index contributed by atoms with van der Waals surface area (Å²) in [6.07, 6.45) is 0. The van der Waals surface area contributed by atoms with Gasteiger partial charge in [0.2, 0.25) is 0 Å². The van der Waals surface area contributed by atoms with E-state index in [-0.39, 0.29) is 5.91 Å². The third-order valence-electron chi connectivity index (χ3n) is 4.73. The van der Waals surface area contributed by atoms with Crippen molar-refractivity contribution in [3.8, 4) is 11.5 Å². The molecule has 0 aliphatic carbocycles. The van der Waals surface area contributed by atoms with Crippen LogP contribution in [0.15, 0.2) is 47.0 Å². The number of rotatable bonds is 4. The van der Waals surface area contributed by atoms with Crippen molar-refractivity contribution >= 4 is 40.7 Å². The van der Waals surface area contributed by atoms with Gasteiger partial charge in [0, 0.05) is 41.8 Å². The van der Waals surface area contributed by atoms with Gasteiger partial charge in [-0.05, 0) is 36.4 Å². The topological polar surface area (TPSA) is 62.5 Å². The quantitative estimate of drug-likeness (QED) is 0.577. The molecule has 4 rings (SSSR count). The van der Waals surface area contributed by atoms with Crippen molar-refractivity contribution in [3.05, 3.63) is 68.9 Å². The fraction of sp³-hybridized carbons (Fsp3) is 0.250. The number of hydrogen-bond donors (Lipinski definition) is 0. The molecule has 1 aromatic heterocycles. The van der Waals surface area contributed by atoms with Crippen LogP contribution in [0.2, 0.25) is 15.1 Å². The summed E-state index contributed by atoms with van der Waals surface area (Å²) in [6, 6.07) is 12.1. The zero-order valence-electron chi connectivity index (χ0n) is 15.3. The van der Waals surface area contributed by atoms with Crippen molar-refractivity contribution in [1.29, 1.82) is 0 Å². The zero-order chi connectivity index (χ0) is 20.4. The summed E-state index contributed by atoms with van der Waals surface area (Å²) >= 11 is 18.1. The average molecular weight is 452 g/mol. The Morgan fingerprint density at radius 1 is 1.00 bits per heavy atom. The fourth-order valence-corrected chi connectivity index (χ4v) is 3.88. The Hall–Kier alpha value is -2.12. The average Bonchev–Trinajstić information content (AvgIpc) is 3.16. The van der Waals surface area contributed by atoms with Gasteiger partial charge in [-0.1, -0.05) is 46.0 Å². The van der Waals surface area contributed by atoms with E-state index in [2.05, 4.69) is 15.0 Å². The number of hydrogen-bond acceptors (Lipinski definition) is 5. The second-order valence-electron chi connectivity index (χ2n) is 6.72. The van der Waals surface area contributed by atoms with Crippen LogP contribution in [0.1, 0.15) is 16.2 Å². The summed E-state index contributed by atoms with van der Waals surface area (Å²) in [5.74, 6) is 0.920. The monoisotopic (exact) mass is 450 g/mol. The van der Waals surface area contributed by atoms with Gasteiger partial charge in [0.1, 0.15) is 0 Å². The van der Waals surface area contributed by atoms with E-state index in [1.165, 1.54) is 0 Å². The van der Waals surface area contributed by atoms with Gasteiger partial charge in [-0.3, -0.25) is 9.69 Å². The van der Waals surface area contributed by atoms with Crippen molar-refractivity contribution in [1.82, 2.24) is 19.9 Å². The maximum atomic E-state index is 12.6. The third kappa shape index (κ3) is 4.73. The number of carbonyl (C=O) groups excluding carboxylic acids is 1. The van der Waals surface area contributed by atoms with Crippen LogP contribution in [-0.2, 0) is 6.54 Å². The van der Waals surface area contributed by atoms with Crippen LogP contribution < -0.4 is 0 Å². The molecule has 1 aliphatic rings. The minimum atomic E-state index is -0.00798. The molecule has 6 nitrogen and oxygen atoms in total. The van der Waals surface area contributed by atoms with E-state index in [1.54, 1.807) is 42.5 Å². The Morgan fingerprint density at radius 3 is 2.48 bits per heavy atom. The molecule has 1 saturated heterocycles. The highest BCUT2D eigenvalue weighted by Gasteiger charge is 2.23. The Bertz CT molecular complexity index is 1030. The maximum Gasteiger partial charge on any atom is 0.259 e. The Balaban J connectivity index is 1.35. The third-order valence-corrected chi connectivity index (χ3v) is 5.51. The summed E-state index contributed by atoms with van der Waals surface area (Å²) in [5, 5.41) is 5.61. The molecule has 0 atom stereocenters. The predicted molar refractivity (Wildman–Crippen MR) is 112 cm³/mol. The molecule has 1 fully saturated rings. The Morgan fingerprint density at radius 2 is 1.76 bits per heavy atom. The molecule has 1 aliphatic heterocycles. The van der Waals surface area contributed by atoms with E-state index < -0.39 is 0 Å². The van der Waals surface area contributed by atoms with Crippen molar-refractivity contribution in [2.45, 2.75) is 6.54 Å². The molecule has 9 heteroatoms. The molecule has 1 amide bonds. The molecule has 150 valence electrons. The molecule has 0 N–H and O–H groups in total. The maximum absolute atomic E-state index is 12.6. The number of piperazine rings is 1. The Labute approximate surface area is 183 Å². The molecule has 29 heavy (non-hydrogen) atoms. The molecule has 3 aromatic rings. The van der Waals surface area contributed by atoms with Gasteiger partial charge in [0.25, 0.3) is 11.8 Å². The number of amides is 1. The largest absolute Gasteiger partial charge is 0.336 e. The first-order chi connectivity index (χ1) is 14.0. The van der Waals surface area contributed by atoms with Crippen LogP contribution in [-0.4, -0.2) is 52.0 Å². The van der Waals surface area contributed by atoms with Gasteiger partial charge < -0.3 is 9.42 Å². The van der Waals surface area contributed by atoms with Gasteiger partial charge in [-0.25, -0.2) is 0 Å². The van der Waals surface area contributed by atoms with Crippen molar-refractivity contribution in [3.63, 3.8) is 0 Å². The summed E-state index contributed by atoms with van der Waals surface area (Å²) in [7, 11) is 0. The first-order valence-electron chi connectivity index (χ1n) is 9.05. The summed E-state index contributed by atoms with van der Waals surface area (Å²) in [4.78, 5) is 21.1. The number of halogens is 3. The van der Waals surface area contributed by atoms with E-state index in [0.29, 0.717) is 57.5 Å². The lowest BCUT2D eigenvalue weighted by Gasteiger charge is -2.34. The van der Waals surface area contributed by atoms with Gasteiger partial charge in [0.15, 0.2) is 5.82 Å². The molecule has 0 radical (unpaired) electrons. The lowest BCUT2D eigenvalue weighted by Crippen LogP contribution is -2.48. The molecule has 0 saturated carbocycles. The second-order valence-corrected chi connectivity index (χ2v) is 8.00. The highest BCUT2D eigenvalue weighted by molar-refractivity contribution is 6.36. The first-order valence-corrected chi connectivity index (χ1v) is 10.2. The molecular formula is C20H17Cl3N4O2. The van der Waals surface area contributed by atoms with Crippen LogP contribution in [0.25, 0.3) is 11.5 Å². The summed E-state index contributed by atoms with van der Waals surface area (Å²) in [5.41, 5.74) is 1.25.